The van der Waals surface area contributed by atoms with E-state index in [-0.39, 0.29) is 5.91 Å². The van der Waals surface area contributed by atoms with Gasteiger partial charge < -0.3 is 15.1 Å². The Morgan fingerprint density at radius 2 is 2.30 bits per heavy atom. The Bertz CT molecular complexity index is 591. The van der Waals surface area contributed by atoms with Gasteiger partial charge in [0.15, 0.2) is 0 Å². The molecule has 2 N–H and O–H groups in total. The van der Waals surface area contributed by atoms with Gasteiger partial charge in [0.2, 0.25) is 0 Å². The lowest BCUT2D eigenvalue weighted by Gasteiger charge is -2.18. The number of nitrogens with one attached hydrogen (secondary N) is 2. The predicted molar refractivity (Wildman–Crippen MR) is 78.0 cm³/mol. The summed E-state index contributed by atoms with van der Waals surface area (Å²) in [6.45, 7) is 1.60. The molecule has 0 saturated carbocycles. The number of hydrogen-bond acceptors (Lipinski definition) is 3. The number of anilines is 1. The minimum absolute atomic E-state index is 0.0232. The Morgan fingerprint density at radius 1 is 1.35 bits per heavy atom. The molecule has 4 nitrogen and oxygen atoms in total. The number of amides is 1. The number of furan rings is 1. The lowest BCUT2D eigenvalue weighted by atomic mass is 10.0. The van der Waals surface area contributed by atoms with Gasteiger partial charge in [0.25, 0.3) is 5.91 Å². The molecular weight excluding hydrogens is 252 g/mol. The van der Waals surface area contributed by atoms with Gasteiger partial charge in [-0.3, -0.25) is 4.79 Å². The van der Waals surface area contributed by atoms with Crippen LogP contribution in [0, 0.1) is 0 Å². The highest BCUT2D eigenvalue weighted by molar-refractivity contribution is 5.94. The number of fused-ring (bicyclic) bond motifs is 1. The van der Waals surface area contributed by atoms with Crippen molar-refractivity contribution in [3.8, 4) is 0 Å². The number of carbonyl (C=O) groups is 1. The van der Waals surface area contributed by atoms with E-state index in [0.29, 0.717) is 13.0 Å². The summed E-state index contributed by atoms with van der Waals surface area (Å²) in [6, 6.07) is 9.63. The zero-order valence-corrected chi connectivity index (χ0v) is 11.3. The molecule has 1 aromatic heterocycles. The maximum Gasteiger partial charge on any atom is 0.251 e. The highest BCUT2D eigenvalue weighted by atomic mass is 16.3. The Hall–Kier alpha value is -2.23. The van der Waals surface area contributed by atoms with Crippen LogP contribution in [-0.2, 0) is 12.8 Å². The lowest BCUT2D eigenvalue weighted by Crippen LogP contribution is -2.26. The highest BCUT2D eigenvalue weighted by Crippen LogP contribution is 2.22. The van der Waals surface area contributed by atoms with Gasteiger partial charge in [-0.15, -0.1) is 0 Å². The summed E-state index contributed by atoms with van der Waals surface area (Å²) < 4.78 is 5.24. The van der Waals surface area contributed by atoms with Crippen molar-refractivity contribution >= 4 is 11.6 Å². The van der Waals surface area contributed by atoms with E-state index in [1.54, 1.807) is 6.26 Å². The van der Waals surface area contributed by atoms with E-state index in [9.17, 15) is 4.79 Å². The lowest BCUT2D eigenvalue weighted by molar-refractivity contribution is 0.0953. The molecule has 0 atom stereocenters. The van der Waals surface area contributed by atoms with Gasteiger partial charge in [0, 0.05) is 30.8 Å². The summed E-state index contributed by atoms with van der Waals surface area (Å²) in [5, 5.41) is 6.27. The fourth-order valence-electron chi connectivity index (χ4n) is 2.47. The fourth-order valence-corrected chi connectivity index (χ4v) is 2.47. The number of carbonyl (C=O) groups excluding carboxylic acids is 1. The summed E-state index contributed by atoms with van der Waals surface area (Å²) in [7, 11) is 0. The molecule has 2 aromatic rings. The Balaban J connectivity index is 1.59. The van der Waals surface area contributed by atoms with Crippen molar-refractivity contribution in [2.75, 3.05) is 18.4 Å². The summed E-state index contributed by atoms with van der Waals surface area (Å²) in [4.78, 5) is 12.1. The van der Waals surface area contributed by atoms with E-state index in [1.165, 1.54) is 5.56 Å². The molecular formula is C16H18N2O2. The van der Waals surface area contributed by atoms with Gasteiger partial charge in [0.05, 0.1) is 6.26 Å². The van der Waals surface area contributed by atoms with Crippen LogP contribution in [0.25, 0.3) is 0 Å². The van der Waals surface area contributed by atoms with Gasteiger partial charge >= 0.3 is 0 Å². The van der Waals surface area contributed by atoms with Crippen LogP contribution in [0.4, 0.5) is 5.69 Å². The second-order valence-corrected chi connectivity index (χ2v) is 4.99. The van der Waals surface area contributed by atoms with Crippen LogP contribution in [0.5, 0.6) is 0 Å². The van der Waals surface area contributed by atoms with Crippen LogP contribution >= 0.6 is 0 Å². The molecule has 0 saturated heterocycles. The van der Waals surface area contributed by atoms with Crippen LogP contribution < -0.4 is 10.6 Å². The van der Waals surface area contributed by atoms with Crippen molar-refractivity contribution in [1.82, 2.24) is 5.32 Å². The van der Waals surface area contributed by atoms with Crippen molar-refractivity contribution in [2.24, 2.45) is 0 Å². The maximum atomic E-state index is 12.1. The average Bonchev–Trinajstić information content (AvgIpc) is 3.00. The monoisotopic (exact) mass is 270 g/mol. The van der Waals surface area contributed by atoms with Crippen molar-refractivity contribution in [1.29, 1.82) is 0 Å². The minimum atomic E-state index is -0.0232. The van der Waals surface area contributed by atoms with Crippen LogP contribution in [0.2, 0.25) is 0 Å². The van der Waals surface area contributed by atoms with Crippen LogP contribution in [0.15, 0.2) is 41.0 Å². The van der Waals surface area contributed by atoms with E-state index in [2.05, 4.69) is 10.6 Å². The number of aryl methyl sites for hydroxylation is 1. The molecule has 0 aliphatic carbocycles. The summed E-state index contributed by atoms with van der Waals surface area (Å²) in [5.41, 5.74) is 3.12. The SMILES string of the molecule is O=C(NCCc1ccco1)c1ccc2c(c1)CCCN2. The maximum absolute atomic E-state index is 12.1. The third kappa shape index (κ3) is 2.85. The molecule has 20 heavy (non-hydrogen) atoms. The number of hydrogen-bond donors (Lipinski definition) is 2. The number of rotatable bonds is 4. The standard InChI is InChI=1S/C16H18N2O2/c19-16(18-9-7-14-4-2-10-20-14)13-5-6-15-12(11-13)3-1-8-17-15/h2,4-6,10-11,17H,1,3,7-9H2,(H,18,19). The van der Waals surface area contributed by atoms with Crippen molar-refractivity contribution in [3.05, 3.63) is 53.5 Å². The molecule has 0 fully saturated rings. The Labute approximate surface area is 118 Å². The molecule has 0 unspecified atom stereocenters. The van der Waals surface area contributed by atoms with Crippen molar-refractivity contribution in [2.45, 2.75) is 19.3 Å². The first kappa shape index (κ1) is 12.8. The van der Waals surface area contributed by atoms with Crippen molar-refractivity contribution in [3.63, 3.8) is 0 Å². The summed E-state index contributed by atoms with van der Waals surface area (Å²) in [6.07, 6.45) is 4.52. The molecule has 1 aromatic carbocycles. The molecule has 4 heteroatoms. The zero-order chi connectivity index (χ0) is 13.8. The Morgan fingerprint density at radius 3 is 3.15 bits per heavy atom. The second-order valence-electron chi connectivity index (χ2n) is 4.99. The van der Waals surface area contributed by atoms with Gasteiger partial charge in [0.1, 0.15) is 5.76 Å². The van der Waals surface area contributed by atoms with Crippen molar-refractivity contribution < 1.29 is 9.21 Å². The Kier molecular flexibility index (Phi) is 3.72. The van der Waals surface area contributed by atoms with Crippen LogP contribution in [0.3, 0.4) is 0 Å². The molecule has 0 bridgehead atoms. The van der Waals surface area contributed by atoms with E-state index < -0.39 is 0 Å². The van der Waals surface area contributed by atoms with Gasteiger partial charge in [-0.25, -0.2) is 0 Å². The van der Waals surface area contributed by atoms with E-state index in [4.69, 9.17) is 4.42 Å². The zero-order valence-electron chi connectivity index (χ0n) is 11.3. The molecule has 2 heterocycles. The topological polar surface area (TPSA) is 54.3 Å². The minimum Gasteiger partial charge on any atom is -0.469 e. The summed E-state index contributed by atoms with van der Waals surface area (Å²) >= 11 is 0. The van der Waals surface area contributed by atoms with E-state index >= 15 is 0 Å². The average molecular weight is 270 g/mol. The van der Waals surface area contributed by atoms with Gasteiger partial charge in [-0.1, -0.05) is 0 Å². The van der Waals surface area contributed by atoms with E-state index in [1.807, 2.05) is 30.3 Å². The molecule has 0 radical (unpaired) electrons. The molecule has 1 amide bonds. The summed E-state index contributed by atoms with van der Waals surface area (Å²) in [5.74, 6) is 0.866. The first-order valence-corrected chi connectivity index (χ1v) is 7.00. The largest absolute Gasteiger partial charge is 0.469 e. The fraction of sp³-hybridized carbons (Fsp3) is 0.312. The smallest absolute Gasteiger partial charge is 0.251 e. The third-order valence-electron chi connectivity index (χ3n) is 3.54. The third-order valence-corrected chi connectivity index (χ3v) is 3.54. The second kappa shape index (κ2) is 5.82. The molecule has 1 aliphatic heterocycles. The quantitative estimate of drug-likeness (QED) is 0.898. The van der Waals surface area contributed by atoms with Crippen LogP contribution in [-0.4, -0.2) is 19.0 Å². The van der Waals surface area contributed by atoms with Gasteiger partial charge in [-0.05, 0) is 48.7 Å². The molecule has 1 aliphatic rings. The van der Waals surface area contributed by atoms with Gasteiger partial charge in [-0.2, -0.15) is 0 Å². The van der Waals surface area contributed by atoms with Crippen LogP contribution in [0.1, 0.15) is 28.1 Å². The molecule has 0 spiro atoms. The van der Waals surface area contributed by atoms with E-state index in [0.717, 1.165) is 36.4 Å². The molecule has 3 rings (SSSR count). The molecule has 104 valence electrons. The predicted octanol–water partition coefficient (Wildman–Crippen LogP) is 2.61. The first-order chi connectivity index (χ1) is 9.83. The normalized spacial score (nSPS) is 13.4. The first-order valence-electron chi connectivity index (χ1n) is 7.00. The highest BCUT2D eigenvalue weighted by Gasteiger charge is 2.12. The number of benzene rings is 1.